The van der Waals surface area contributed by atoms with E-state index in [9.17, 15) is 4.79 Å². The summed E-state index contributed by atoms with van der Waals surface area (Å²) in [4.78, 5) is 13.9. The van der Waals surface area contributed by atoms with Crippen LogP contribution in [0.2, 0.25) is 0 Å². The summed E-state index contributed by atoms with van der Waals surface area (Å²) < 4.78 is 7.59. The Balaban J connectivity index is 1.27. The van der Waals surface area contributed by atoms with E-state index in [1.54, 1.807) is 11.8 Å². The molecule has 1 saturated carbocycles. The lowest BCUT2D eigenvalue weighted by atomic mass is 10.1. The zero-order valence-electron chi connectivity index (χ0n) is 16.5. The van der Waals surface area contributed by atoms with Crippen molar-refractivity contribution in [1.82, 2.24) is 20.2 Å². The van der Waals surface area contributed by atoms with Gasteiger partial charge in [0, 0.05) is 28.5 Å². The van der Waals surface area contributed by atoms with Gasteiger partial charge < -0.3 is 10.1 Å². The third-order valence-corrected chi connectivity index (χ3v) is 6.57. The molecule has 1 atom stereocenters. The van der Waals surface area contributed by atoms with E-state index in [4.69, 9.17) is 4.74 Å². The summed E-state index contributed by atoms with van der Waals surface area (Å²) in [7, 11) is 0. The predicted molar refractivity (Wildman–Crippen MR) is 116 cm³/mol. The number of nitrogens with zero attached hydrogens (tertiary/aromatic N) is 4. The molecule has 2 aromatic carbocycles. The van der Waals surface area contributed by atoms with Gasteiger partial charge in [-0.3, -0.25) is 4.79 Å². The summed E-state index contributed by atoms with van der Waals surface area (Å²) in [5, 5.41) is 15.1. The van der Waals surface area contributed by atoms with Crippen LogP contribution < -0.4 is 5.32 Å². The molecule has 1 saturated heterocycles. The number of amides is 1. The van der Waals surface area contributed by atoms with Gasteiger partial charge >= 0.3 is 0 Å². The average Bonchev–Trinajstić information content (AvgIpc) is 3.27. The zero-order valence-corrected chi connectivity index (χ0v) is 17.3. The van der Waals surface area contributed by atoms with Crippen LogP contribution >= 0.6 is 11.8 Å². The Morgan fingerprint density at radius 2 is 1.97 bits per heavy atom. The second-order valence-corrected chi connectivity index (χ2v) is 8.71. The van der Waals surface area contributed by atoms with E-state index in [2.05, 4.69) is 20.8 Å². The lowest BCUT2D eigenvalue weighted by Gasteiger charge is -2.12. The number of anilines is 1. The highest BCUT2D eigenvalue weighted by molar-refractivity contribution is 7.99. The molecule has 0 radical (unpaired) electrons. The Morgan fingerprint density at radius 3 is 2.73 bits per heavy atom. The summed E-state index contributed by atoms with van der Waals surface area (Å²) in [5.74, 6) is 1.53. The number of tetrazole rings is 1. The van der Waals surface area contributed by atoms with Crippen LogP contribution in [0.3, 0.4) is 0 Å². The molecule has 1 aromatic heterocycles. The molecule has 30 heavy (non-hydrogen) atoms. The number of carbonyl (C=O) groups excluding carboxylic acids is 1. The smallest absolute Gasteiger partial charge is 0.256 e. The van der Waals surface area contributed by atoms with Crippen molar-refractivity contribution in [2.45, 2.75) is 42.7 Å². The van der Waals surface area contributed by atoms with Crippen molar-refractivity contribution in [2.24, 2.45) is 0 Å². The SMILES string of the molecule is O=C(Nc1ccc(-c2nnnn2C2CC2)cc1)c1ccccc1SCC1CCCO1. The van der Waals surface area contributed by atoms with Gasteiger partial charge in [-0.15, -0.1) is 16.9 Å². The molecular formula is C22H23N5O2S. The molecular weight excluding hydrogens is 398 g/mol. The van der Waals surface area contributed by atoms with Crippen molar-refractivity contribution < 1.29 is 9.53 Å². The number of ether oxygens (including phenoxy) is 1. The van der Waals surface area contributed by atoms with E-state index in [0.29, 0.717) is 11.6 Å². The molecule has 7 nitrogen and oxygen atoms in total. The van der Waals surface area contributed by atoms with Crippen molar-refractivity contribution in [3.63, 3.8) is 0 Å². The maximum atomic E-state index is 12.9. The third kappa shape index (κ3) is 4.24. The quantitative estimate of drug-likeness (QED) is 0.576. The summed E-state index contributed by atoms with van der Waals surface area (Å²) in [6, 6.07) is 15.8. The molecule has 1 aliphatic carbocycles. The third-order valence-electron chi connectivity index (χ3n) is 5.37. The normalized spacial score (nSPS) is 18.5. The van der Waals surface area contributed by atoms with E-state index in [1.807, 2.05) is 53.2 Å². The van der Waals surface area contributed by atoms with Crippen LogP contribution in [0, 0.1) is 0 Å². The van der Waals surface area contributed by atoms with Crippen LogP contribution in [-0.2, 0) is 4.74 Å². The molecule has 3 aromatic rings. The number of rotatable bonds is 7. The highest BCUT2D eigenvalue weighted by atomic mass is 32.2. The minimum absolute atomic E-state index is 0.110. The predicted octanol–water partition coefficient (Wildman–Crippen LogP) is 4.20. The zero-order chi connectivity index (χ0) is 20.3. The van der Waals surface area contributed by atoms with E-state index in [0.717, 1.165) is 60.0 Å². The molecule has 154 valence electrons. The fourth-order valence-corrected chi connectivity index (χ4v) is 4.71. The minimum Gasteiger partial charge on any atom is -0.377 e. The average molecular weight is 422 g/mol. The fourth-order valence-electron chi connectivity index (χ4n) is 3.59. The van der Waals surface area contributed by atoms with E-state index < -0.39 is 0 Å². The first-order valence-corrected chi connectivity index (χ1v) is 11.3. The van der Waals surface area contributed by atoms with Crippen molar-refractivity contribution in [2.75, 3.05) is 17.7 Å². The number of benzene rings is 2. The number of nitrogens with one attached hydrogen (secondary N) is 1. The van der Waals surface area contributed by atoms with Gasteiger partial charge in [-0.25, -0.2) is 4.68 Å². The summed E-state index contributed by atoms with van der Waals surface area (Å²) in [5.41, 5.74) is 2.37. The standard InChI is InChI=1S/C22H23N5O2S/c28-22(19-5-1-2-6-20(19)30-14-18-4-3-13-29-18)23-16-9-7-15(8-10-16)21-24-25-26-27(21)17-11-12-17/h1-2,5-10,17-18H,3-4,11-14H2,(H,23,28). The highest BCUT2D eigenvalue weighted by Gasteiger charge is 2.28. The lowest BCUT2D eigenvalue weighted by molar-refractivity contribution is 0.102. The first kappa shape index (κ1) is 19.3. The molecule has 1 amide bonds. The largest absolute Gasteiger partial charge is 0.377 e. The van der Waals surface area contributed by atoms with Crippen molar-refractivity contribution in [1.29, 1.82) is 0 Å². The van der Waals surface area contributed by atoms with Crippen molar-refractivity contribution in [3.8, 4) is 11.4 Å². The molecule has 2 fully saturated rings. The number of carbonyl (C=O) groups is 1. The van der Waals surface area contributed by atoms with Gasteiger partial charge in [0.05, 0.1) is 17.7 Å². The van der Waals surface area contributed by atoms with Crippen LogP contribution in [0.15, 0.2) is 53.4 Å². The number of hydrogen-bond donors (Lipinski definition) is 1. The summed E-state index contributed by atoms with van der Waals surface area (Å²) in [6.07, 6.45) is 4.74. The molecule has 8 heteroatoms. The Hall–Kier alpha value is -2.71. The first-order chi connectivity index (χ1) is 14.8. The minimum atomic E-state index is -0.110. The van der Waals surface area contributed by atoms with E-state index >= 15 is 0 Å². The van der Waals surface area contributed by atoms with Gasteiger partial charge in [0.1, 0.15) is 0 Å². The summed E-state index contributed by atoms with van der Waals surface area (Å²) in [6.45, 7) is 0.844. The van der Waals surface area contributed by atoms with Gasteiger partial charge in [0.25, 0.3) is 5.91 Å². The Morgan fingerprint density at radius 1 is 1.13 bits per heavy atom. The van der Waals surface area contributed by atoms with Crippen LogP contribution in [0.5, 0.6) is 0 Å². The highest BCUT2D eigenvalue weighted by Crippen LogP contribution is 2.36. The topological polar surface area (TPSA) is 81.9 Å². The Labute approximate surface area is 179 Å². The second-order valence-electron chi connectivity index (χ2n) is 7.65. The number of hydrogen-bond acceptors (Lipinski definition) is 6. The first-order valence-electron chi connectivity index (χ1n) is 10.3. The molecule has 2 heterocycles. The van der Waals surface area contributed by atoms with E-state index in [-0.39, 0.29) is 12.0 Å². The Bertz CT molecular complexity index is 1030. The molecule has 5 rings (SSSR count). The van der Waals surface area contributed by atoms with Crippen LogP contribution in [0.25, 0.3) is 11.4 Å². The van der Waals surface area contributed by atoms with Crippen molar-refractivity contribution in [3.05, 3.63) is 54.1 Å². The van der Waals surface area contributed by atoms with Crippen LogP contribution in [-0.4, -0.2) is 44.6 Å². The molecule has 1 aliphatic heterocycles. The van der Waals surface area contributed by atoms with E-state index in [1.165, 1.54) is 0 Å². The number of aromatic nitrogens is 4. The maximum Gasteiger partial charge on any atom is 0.256 e. The van der Waals surface area contributed by atoms with Gasteiger partial charge in [-0.2, -0.15) is 0 Å². The van der Waals surface area contributed by atoms with Gasteiger partial charge in [0.15, 0.2) is 5.82 Å². The van der Waals surface area contributed by atoms with Gasteiger partial charge in [0.2, 0.25) is 0 Å². The molecule has 1 N–H and O–H groups in total. The van der Waals surface area contributed by atoms with Crippen molar-refractivity contribution >= 4 is 23.4 Å². The van der Waals surface area contributed by atoms with Crippen LogP contribution in [0.1, 0.15) is 42.1 Å². The van der Waals surface area contributed by atoms with Crippen LogP contribution in [0.4, 0.5) is 5.69 Å². The Kier molecular flexibility index (Phi) is 5.50. The lowest BCUT2D eigenvalue weighted by Crippen LogP contribution is -2.14. The van der Waals surface area contributed by atoms with Gasteiger partial charge in [-0.1, -0.05) is 12.1 Å². The molecule has 0 bridgehead atoms. The summed E-state index contributed by atoms with van der Waals surface area (Å²) >= 11 is 1.68. The van der Waals surface area contributed by atoms with Gasteiger partial charge in [-0.05, 0) is 72.5 Å². The molecule has 2 aliphatic rings. The fraction of sp³-hybridized carbons (Fsp3) is 0.364. The molecule has 1 unspecified atom stereocenters. The molecule has 0 spiro atoms. The number of thioether (sulfide) groups is 1. The second kappa shape index (κ2) is 8.57. The monoisotopic (exact) mass is 421 g/mol. The maximum absolute atomic E-state index is 12.9.